The fourth-order valence-electron chi connectivity index (χ4n) is 3.20. The molecule has 2 heterocycles. The van der Waals surface area contributed by atoms with Crippen LogP contribution in [0.15, 0.2) is 40.8 Å². The van der Waals surface area contributed by atoms with Crippen LogP contribution in [0.2, 0.25) is 0 Å². The van der Waals surface area contributed by atoms with Gasteiger partial charge in [0.2, 0.25) is 0 Å². The zero-order valence-corrected chi connectivity index (χ0v) is 21.6. The first-order valence-corrected chi connectivity index (χ1v) is 12.1. The highest BCUT2D eigenvalue weighted by molar-refractivity contribution is 7.18. The molecule has 1 aromatic carbocycles. The molecule has 0 aliphatic heterocycles. The Kier molecular flexibility index (Phi) is 8.65. The molecular weight excluding hydrogens is 484 g/mol. The minimum absolute atomic E-state index is 0.0138. The Morgan fingerprint density at radius 3 is 2.36 bits per heavy atom. The maximum Gasteiger partial charge on any atom is 0.341 e. The van der Waals surface area contributed by atoms with Crippen LogP contribution in [0.25, 0.3) is 0 Å². The highest BCUT2D eigenvalue weighted by atomic mass is 32.1. The maximum atomic E-state index is 12.9. The van der Waals surface area contributed by atoms with E-state index in [4.69, 9.17) is 13.9 Å². The van der Waals surface area contributed by atoms with Gasteiger partial charge < -0.3 is 24.1 Å². The van der Waals surface area contributed by atoms with E-state index in [1.165, 1.54) is 17.9 Å². The van der Waals surface area contributed by atoms with Crippen molar-refractivity contribution in [2.24, 2.45) is 0 Å². The zero-order valence-electron chi connectivity index (χ0n) is 20.8. The summed E-state index contributed by atoms with van der Waals surface area (Å²) in [6, 6.07) is 9.79. The largest absolute Gasteiger partial charge is 0.486 e. The molecule has 0 aliphatic rings. The minimum atomic E-state index is -0.608. The van der Waals surface area contributed by atoms with E-state index in [0.717, 1.165) is 11.3 Å². The topological polar surface area (TPSA) is 115 Å². The standard InChI is InChI=1S/C26H28N2O7S/c1-6-13-33-26(32)21-15(2)22(25(31)28(4)5)36-24(21)27-23(30)20-12-11-19(35-20)14-34-18-9-7-17(8-10-18)16(3)29/h7-12H,6,13-14H2,1-5H3,(H,27,30). The van der Waals surface area contributed by atoms with Crippen molar-refractivity contribution >= 4 is 39.9 Å². The van der Waals surface area contributed by atoms with Crippen molar-refractivity contribution in [2.45, 2.75) is 33.8 Å². The summed E-state index contributed by atoms with van der Waals surface area (Å²) < 4.78 is 16.5. The predicted octanol–water partition coefficient (Wildman–Crippen LogP) is 4.95. The molecule has 0 fully saturated rings. The van der Waals surface area contributed by atoms with Gasteiger partial charge in [-0.25, -0.2) is 4.79 Å². The van der Waals surface area contributed by atoms with E-state index in [2.05, 4.69) is 5.32 Å². The number of benzene rings is 1. The molecule has 0 radical (unpaired) electrons. The number of nitrogens with zero attached hydrogens (tertiary/aromatic N) is 1. The monoisotopic (exact) mass is 512 g/mol. The van der Waals surface area contributed by atoms with E-state index in [9.17, 15) is 19.2 Å². The molecular formula is C26H28N2O7S. The molecule has 0 bridgehead atoms. The first-order chi connectivity index (χ1) is 17.1. The first-order valence-electron chi connectivity index (χ1n) is 11.3. The van der Waals surface area contributed by atoms with Crippen LogP contribution in [0.3, 0.4) is 0 Å². The fraction of sp³-hybridized carbons (Fsp3) is 0.308. The van der Waals surface area contributed by atoms with Crippen LogP contribution in [0.1, 0.15) is 72.5 Å². The average Bonchev–Trinajstić information content (AvgIpc) is 3.45. The Morgan fingerprint density at radius 2 is 1.75 bits per heavy atom. The fourth-order valence-corrected chi connectivity index (χ4v) is 4.42. The molecule has 3 rings (SSSR count). The lowest BCUT2D eigenvalue weighted by molar-refractivity contribution is 0.0506. The summed E-state index contributed by atoms with van der Waals surface area (Å²) in [5, 5.41) is 2.90. The molecule has 0 saturated heterocycles. The van der Waals surface area contributed by atoms with Crippen molar-refractivity contribution in [3.63, 3.8) is 0 Å². The number of ether oxygens (including phenoxy) is 2. The summed E-state index contributed by atoms with van der Waals surface area (Å²) in [5.41, 5.74) is 1.17. The maximum absolute atomic E-state index is 12.9. The van der Waals surface area contributed by atoms with Gasteiger partial charge in [-0.2, -0.15) is 0 Å². The van der Waals surface area contributed by atoms with Crippen molar-refractivity contribution in [2.75, 3.05) is 26.0 Å². The second kappa shape index (κ2) is 11.7. The number of carbonyl (C=O) groups is 4. The lowest BCUT2D eigenvalue weighted by Gasteiger charge is -2.09. The number of hydrogen-bond donors (Lipinski definition) is 1. The van der Waals surface area contributed by atoms with Crippen molar-refractivity contribution < 1.29 is 33.1 Å². The summed E-state index contributed by atoms with van der Waals surface area (Å²) in [7, 11) is 3.22. The number of amides is 2. The third-order valence-corrected chi connectivity index (χ3v) is 6.34. The molecule has 1 N–H and O–H groups in total. The van der Waals surface area contributed by atoms with Gasteiger partial charge in [0, 0.05) is 19.7 Å². The number of furan rings is 1. The lowest BCUT2D eigenvalue weighted by atomic mass is 10.1. The van der Waals surface area contributed by atoms with Crippen LogP contribution in [0.4, 0.5) is 5.00 Å². The molecule has 3 aromatic rings. The number of Topliss-reactive ketones (excluding diaryl/α,β-unsaturated/α-hetero) is 1. The van der Waals surface area contributed by atoms with E-state index in [0.29, 0.717) is 33.9 Å². The summed E-state index contributed by atoms with van der Waals surface area (Å²) in [6.45, 7) is 5.30. The number of ketones is 1. The van der Waals surface area contributed by atoms with Gasteiger partial charge in [-0.3, -0.25) is 14.4 Å². The highest BCUT2D eigenvalue weighted by Crippen LogP contribution is 2.35. The third kappa shape index (κ3) is 6.19. The van der Waals surface area contributed by atoms with Crippen molar-refractivity contribution in [1.29, 1.82) is 0 Å². The van der Waals surface area contributed by atoms with Gasteiger partial charge in [0.25, 0.3) is 11.8 Å². The van der Waals surface area contributed by atoms with E-state index < -0.39 is 11.9 Å². The van der Waals surface area contributed by atoms with Gasteiger partial charge in [-0.05, 0) is 62.2 Å². The molecule has 0 atom stereocenters. The van der Waals surface area contributed by atoms with Crippen molar-refractivity contribution in [1.82, 2.24) is 4.90 Å². The summed E-state index contributed by atoms with van der Waals surface area (Å²) in [4.78, 5) is 51.3. The van der Waals surface area contributed by atoms with Crippen molar-refractivity contribution in [3.05, 3.63) is 69.5 Å². The summed E-state index contributed by atoms with van der Waals surface area (Å²) in [5.74, 6) is -0.542. The number of rotatable bonds is 10. The van der Waals surface area contributed by atoms with E-state index >= 15 is 0 Å². The van der Waals surface area contributed by atoms with E-state index in [-0.39, 0.29) is 41.2 Å². The van der Waals surface area contributed by atoms with Gasteiger partial charge in [0.05, 0.1) is 17.0 Å². The third-order valence-electron chi connectivity index (χ3n) is 5.14. The Bertz CT molecular complexity index is 1270. The molecule has 2 aromatic heterocycles. The molecule has 10 heteroatoms. The molecule has 0 aliphatic carbocycles. The average molecular weight is 513 g/mol. The number of nitrogens with one attached hydrogen (secondary N) is 1. The van der Waals surface area contributed by atoms with Gasteiger partial charge in [-0.1, -0.05) is 6.92 Å². The lowest BCUT2D eigenvalue weighted by Crippen LogP contribution is -2.21. The quantitative estimate of drug-likeness (QED) is 0.302. The Balaban J connectivity index is 1.75. The van der Waals surface area contributed by atoms with Crippen LogP contribution >= 0.6 is 11.3 Å². The Morgan fingerprint density at radius 1 is 1.06 bits per heavy atom. The van der Waals surface area contributed by atoms with Gasteiger partial charge in [-0.15, -0.1) is 11.3 Å². The Hall–Kier alpha value is -3.92. The van der Waals surface area contributed by atoms with Gasteiger partial charge in [0.15, 0.2) is 11.5 Å². The number of anilines is 1. The number of thiophene rings is 1. The number of hydrogen-bond acceptors (Lipinski definition) is 8. The molecule has 0 saturated carbocycles. The summed E-state index contributed by atoms with van der Waals surface area (Å²) >= 11 is 1.01. The van der Waals surface area contributed by atoms with Gasteiger partial charge >= 0.3 is 5.97 Å². The molecule has 2 amide bonds. The molecule has 0 spiro atoms. The SMILES string of the molecule is CCCOC(=O)c1c(NC(=O)c2ccc(COc3ccc(C(C)=O)cc3)o2)sc(C(=O)N(C)C)c1C. The predicted molar refractivity (Wildman–Crippen MR) is 135 cm³/mol. The number of esters is 1. The van der Waals surface area contributed by atoms with E-state index in [1.807, 2.05) is 6.92 Å². The van der Waals surface area contributed by atoms with Crippen LogP contribution in [-0.4, -0.2) is 49.2 Å². The van der Waals surface area contributed by atoms with Crippen LogP contribution in [0, 0.1) is 6.92 Å². The minimum Gasteiger partial charge on any atom is -0.486 e. The molecule has 0 unspecified atom stereocenters. The molecule has 36 heavy (non-hydrogen) atoms. The zero-order chi connectivity index (χ0) is 26.4. The van der Waals surface area contributed by atoms with Crippen molar-refractivity contribution in [3.8, 4) is 5.75 Å². The smallest absolute Gasteiger partial charge is 0.341 e. The molecule has 9 nitrogen and oxygen atoms in total. The second-order valence-electron chi connectivity index (χ2n) is 8.19. The van der Waals surface area contributed by atoms with Gasteiger partial charge in [0.1, 0.15) is 23.1 Å². The van der Waals surface area contributed by atoms with Crippen LogP contribution in [0.5, 0.6) is 5.75 Å². The molecule has 190 valence electrons. The second-order valence-corrected chi connectivity index (χ2v) is 9.21. The Labute approximate surface area is 213 Å². The normalized spacial score (nSPS) is 10.6. The van der Waals surface area contributed by atoms with E-state index in [1.54, 1.807) is 51.4 Å². The van der Waals surface area contributed by atoms with Crippen LogP contribution < -0.4 is 10.1 Å². The van der Waals surface area contributed by atoms with Crippen LogP contribution in [-0.2, 0) is 11.3 Å². The summed E-state index contributed by atoms with van der Waals surface area (Å²) in [6.07, 6.45) is 0.637. The highest BCUT2D eigenvalue weighted by Gasteiger charge is 2.28. The first kappa shape index (κ1) is 26.7. The number of carbonyl (C=O) groups excluding carboxylic acids is 4.